The highest BCUT2D eigenvalue weighted by Crippen LogP contribution is 2.35. The predicted octanol–water partition coefficient (Wildman–Crippen LogP) is 2.21. The zero-order valence-electron chi connectivity index (χ0n) is 22.9. The summed E-state index contributed by atoms with van der Waals surface area (Å²) in [6.45, 7) is 2.24. The van der Waals surface area contributed by atoms with Crippen LogP contribution < -0.4 is 16.4 Å². The highest BCUT2D eigenvalue weighted by atomic mass is 32.1. The molecule has 0 bridgehead atoms. The molecule has 0 aliphatic carbocycles. The molecule has 42 heavy (non-hydrogen) atoms. The second kappa shape index (κ2) is 12.2. The van der Waals surface area contributed by atoms with Crippen molar-refractivity contribution in [2.75, 3.05) is 26.3 Å². The van der Waals surface area contributed by atoms with Crippen LogP contribution in [0.25, 0.3) is 0 Å². The Kier molecular flexibility index (Phi) is 8.48. The van der Waals surface area contributed by atoms with Crippen molar-refractivity contribution >= 4 is 40.7 Å². The summed E-state index contributed by atoms with van der Waals surface area (Å²) in [4.78, 5) is 54.3. The highest BCUT2D eigenvalue weighted by Gasteiger charge is 2.52. The lowest BCUT2D eigenvalue weighted by atomic mass is 10.0. The summed E-state index contributed by atoms with van der Waals surface area (Å²) in [5, 5.41) is 14.9. The Labute approximate surface area is 246 Å². The van der Waals surface area contributed by atoms with Gasteiger partial charge in [0.05, 0.1) is 32.3 Å². The van der Waals surface area contributed by atoms with E-state index >= 15 is 0 Å². The molecule has 2 saturated heterocycles. The van der Waals surface area contributed by atoms with Crippen LogP contribution in [0.1, 0.15) is 56.1 Å². The largest absolute Gasteiger partial charge is 0.384 e. The number of nitrogens with zero attached hydrogens (tertiary/aromatic N) is 1. The first-order chi connectivity index (χ1) is 20.2. The van der Waals surface area contributed by atoms with Crippen LogP contribution >= 0.6 is 11.3 Å². The molecule has 5 rings (SSSR count). The molecule has 2 aliphatic heterocycles. The number of carbonyl (C=O) groups excluding carboxylic acids is 4. The van der Waals surface area contributed by atoms with Gasteiger partial charge in [-0.15, -0.1) is 11.3 Å². The topological polar surface area (TPSA) is 164 Å². The van der Waals surface area contributed by atoms with E-state index in [2.05, 4.69) is 10.6 Å². The Morgan fingerprint density at radius 1 is 1.02 bits per heavy atom. The molecule has 12 heteroatoms. The quantitative estimate of drug-likeness (QED) is 0.169. The van der Waals surface area contributed by atoms with E-state index in [1.807, 2.05) is 13.0 Å². The van der Waals surface area contributed by atoms with Crippen molar-refractivity contribution in [1.82, 2.24) is 15.5 Å². The van der Waals surface area contributed by atoms with Gasteiger partial charge in [-0.25, -0.2) is 0 Å². The van der Waals surface area contributed by atoms with Gasteiger partial charge in [0.1, 0.15) is 11.9 Å². The maximum Gasteiger partial charge on any atom is 0.251 e. The first-order valence-electron chi connectivity index (χ1n) is 13.4. The number of hydrogen-bond acceptors (Lipinski definition) is 8. The van der Waals surface area contributed by atoms with E-state index in [4.69, 9.17) is 20.6 Å². The number of ketones is 1. The molecule has 1 spiro atoms. The molecule has 11 nitrogen and oxygen atoms in total. The van der Waals surface area contributed by atoms with E-state index < -0.39 is 23.6 Å². The smallest absolute Gasteiger partial charge is 0.251 e. The fraction of sp³-hybridized carbons (Fsp3) is 0.300. The average molecular weight is 590 g/mol. The van der Waals surface area contributed by atoms with Crippen LogP contribution in [0.15, 0.2) is 66.0 Å². The van der Waals surface area contributed by atoms with Crippen molar-refractivity contribution in [3.05, 3.63) is 93.2 Å². The molecule has 2 aromatic carbocycles. The van der Waals surface area contributed by atoms with Crippen LogP contribution in [-0.4, -0.2) is 72.4 Å². The first kappa shape index (κ1) is 29.1. The van der Waals surface area contributed by atoms with Gasteiger partial charge in [-0.3, -0.25) is 24.6 Å². The number of likely N-dealkylation sites (tertiary alicyclic amines) is 1. The number of thiophene rings is 1. The van der Waals surface area contributed by atoms with E-state index in [0.717, 1.165) is 4.88 Å². The van der Waals surface area contributed by atoms with Gasteiger partial charge in [-0.2, -0.15) is 0 Å². The number of ether oxygens (including phenoxy) is 2. The van der Waals surface area contributed by atoms with Gasteiger partial charge in [0.25, 0.3) is 5.91 Å². The summed E-state index contributed by atoms with van der Waals surface area (Å²) in [5.41, 5.74) is 7.41. The third-order valence-corrected chi connectivity index (χ3v) is 8.41. The summed E-state index contributed by atoms with van der Waals surface area (Å²) in [7, 11) is 0. The normalized spacial score (nSPS) is 18.0. The van der Waals surface area contributed by atoms with Crippen LogP contribution in [0.4, 0.5) is 0 Å². The number of rotatable bonds is 9. The number of carbonyl (C=O) groups is 4. The van der Waals surface area contributed by atoms with Gasteiger partial charge < -0.3 is 30.7 Å². The zero-order valence-corrected chi connectivity index (χ0v) is 23.7. The van der Waals surface area contributed by atoms with Crippen LogP contribution in [0.5, 0.6) is 0 Å². The van der Waals surface area contributed by atoms with E-state index in [-0.39, 0.29) is 48.6 Å². The molecule has 1 aromatic heterocycles. The average Bonchev–Trinajstić information content (AvgIpc) is 3.77. The van der Waals surface area contributed by atoms with Crippen molar-refractivity contribution in [3.63, 3.8) is 0 Å². The summed E-state index contributed by atoms with van der Waals surface area (Å²) >= 11 is 1.38. The lowest BCUT2D eigenvalue weighted by molar-refractivity contribution is -0.152. The van der Waals surface area contributed by atoms with Gasteiger partial charge in [0, 0.05) is 38.9 Å². The summed E-state index contributed by atoms with van der Waals surface area (Å²) < 4.78 is 11.6. The predicted molar refractivity (Wildman–Crippen MR) is 155 cm³/mol. The summed E-state index contributed by atoms with van der Waals surface area (Å²) in [5.74, 6) is -2.61. The maximum atomic E-state index is 13.4. The molecular formula is C30H31N5O6S. The molecule has 3 heterocycles. The van der Waals surface area contributed by atoms with E-state index in [0.29, 0.717) is 29.9 Å². The van der Waals surface area contributed by atoms with Crippen molar-refractivity contribution in [2.45, 2.75) is 31.2 Å². The number of hydrogen-bond donors (Lipinski definition) is 4. The molecule has 1 unspecified atom stereocenters. The molecule has 2 fully saturated rings. The molecule has 0 saturated carbocycles. The molecule has 2 atom stereocenters. The highest BCUT2D eigenvalue weighted by molar-refractivity contribution is 7.10. The number of nitrogens with one attached hydrogen (secondary N) is 3. The fourth-order valence-corrected chi connectivity index (χ4v) is 5.95. The lowest BCUT2D eigenvalue weighted by Gasteiger charge is -2.25. The SMILES string of the molecule is C[C@@H](NC(=O)C1CC2(CN1C(=O)CNC(=O)c1ccc(C(=O)c3ccccc3)cc1)OCCO2)c1cc(C(=N)N)cs1. The second-order valence-electron chi connectivity index (χ2n) is 10.2. The maximum absolute atomic E-state index is 13.4. The molecule has 218 valence electrons. The Bertz CT molecular complexity index is 1500. The minimum atomic E-state index is -1.07. The first-order valence-corrected chi connectivity index (χ1v) is 14.3. The standard InChI is InChI=1S/C30H31N5O6S/c1-18(24-13-22(16-42-24)27(31)32)34-29(39)23-14-30(40-11-12-41-30)17-35(23)25(36)15-33-28(38)21-9-7-20(8-10-21)26(37)19-5-3-2-4-6-19/h2-10,13,16,18,23H,11-12,14-15,17H2,1H3,(H3,31,32)(H,33,38)(H,34,39)/t18-,23?/m1/s1. The van der Waals surface area contributed by atoms with E-state index in [1.54, 1.807) is 47.8 Å². The molecule has 3 aromatic rings. The summed E-state index contributed by atoms with van der Waals surface area (Å²) in [6.07, 6.45) is 0.158. The Balaban J connectivity index is 1.22. The lowest BCUT2D eigenvalue weighted by Crippen LogP contribution is -2.49. The third kappa shape index (κ3) is 6.25. The Morgan fingerprint density at radius 3 is 2.31 bits per heavy atom. The Morgan fingerprint density at radius 2 is 1.67 bits per heavy atom. The minimum absolute atomic E-state index is 0.0535. The molecule has 2 aliphatic rings. The van der Waals surface area contributed by atoms with Crippen LogP contribution in [0.3, 0.4) is 0 Å². The van der Waals surface area contributed by atoms with Gasteiger partial charge in [-0.05, 0) is 25.1 Å². The van der Waals surface area contributed by atoms with Crippen molar-refractivity contribution in [2.24, 2.45) is 5.73 Å². The fourth-order valence-electron chi connectivity index (χ4n) is 5.03. The zero-order chi connectivity index (χ0) is 29.9. The summed E-state index contributed by atoms with van der Waals surface area (Å²) in [6, 6.07) is 15.5. The van der Waals surface area contributed by atoms with E-state index in [9.17, 15) is 19.2 Å². The monoisotopic (exact) mass is 589 g/mol. The Hall–Kier alpha value is -4.39. The third-order valence-electron chi connectivity index (χ3n) is 7.29. The molecule has 5 N–H and O–H groups in total. The molecule has 3 amide bonds. The molecule has 0 radical (unpaired) electrons. The van der Waals surface area contributed by atoms with Gasteiger partial charge in [-0.1, -0.05) is 42.5 Å². The van der Waals surface area contributed by atoms with Gasteiger partial charge in [0.2, 0.25) is 11.8 Å². The van der Waals surface area contributed by atoms with Gasteiger partial charge >= 0.3 is 0 Å². The van der Waals surface area contributed by atoms with Crippen LogP contribution in [0, 0.1) is 5.41 Å². The van der Waals surface area contributed by atoms with Crippen molar-refractivity contribution in [3.8, 4) is 0 Å². The van der Waals surface area contributed by atoms with Gasteiger partial charge in [0.15, 0.2) is 11.6 Å². The van der Waals surface area contributed by atoms with Crippen molar-refractivity contribution < 1.29 is 28.7 Å². The van der Waals surface area contributed by atoms with Crippen LogP contribution in [0.2, 0.25) is 0 Å². The number of amidine groups is 1. The number of nitrogens with two attached hydrogens (primary N) is 1. The number of amides is 3. The van der Waals surface area contributed by atoms with E-state index in [1.165, 1.54) is 28.4 Å². The second-order valence-corrected chi connectivity index (χ2v) is 11.1. The number of benzene rings is 2. The number of nitrogen functional groups attached to an aromatic ring is 1. The van der Waals surface area contributed by atoms with Crippen LogP contribution in [-0.2, 0) is 19.1 Å². The van der Waals surface area contributed by atoms with Crippen molar-refractivity contribution in [1.29, 1.82) is 5.41 Å². The molecular weight excluding hydrogens is 558 g/mol. The minimum Gasteiger partial charge on any atom is -0.384 e.